The van der Waals surface area contributed by atoms with Gasteiger partial charge in [-0.15, -0.1) is 0 Å². The molecule has 1 saturated heterocycles. The third kappa shape index (κ3) is 3.36. The number of rotatable bonds is 3. The monoisotopic (exact) mass is 306 g/mol. The highest BCUT2D eigenvalue weighted by Crippen LogP contribution is 2.32. The summed E-state index contributed by atoms with van der Waals surface area (Å²) in [6.45, 7) is 2.85. The van der Waals surface area contributed by atoms with Crippen LogP contribution in [-0.4, -0.2) is 39.4 Å². The summed E-state index contributed by atoms with van der Waals surface area (Å²) in [5, 5.41) is 11.9. The molecule has 7 heteroatoms. The third-order valence-electron chi connectivity index (χ3n) is 4.02. The summed E-state index contributed by atoms with van der Waals surface area (Å²) in [6.07, 6.45) is 2.12. The average molecular weight is 306 g/mol. The first-order valence-electron chi connectivity index (χ1n) is 7.07. The molecule has 2 aliphatic rings. The summed E-state index contributed by atoms with van der Waals surface area (Å²) >= 11 is 1.70. The van der Waals surface area contributed by atoms with Crippen molar-refractivity contribution in [2.45, 2.75) is 30.7 Å². The Bertz CT molecular complexity index is 561. The Morgan fingerprint density at radius 1 is 1.33 bits per heavy atom. The Balaban J connectivity index is 1.60. The predicted octanol–water partition coefficient (Wildman–Crippen LogP) is 1.99. The first-order chi connectivity index (χ1) is 10.1. The van der Waals surface area contributed by atoms with E-state index in [1.54, 1.807) is 23.9 Å². The van der Waals surface area contributed by atoms with Crippen LogP contribution in [0.25, 0.3) is 0 Å². The van der Waals surface area contributed by atoms with Crippen molar-refractivity contribution in [3.05, 3.63) is 39.9 Å². The Kier molecular flexibility index (Phi) is 4.12. The number of hydrogen-bond donors (Lipinski definition) is 1. The SMILES string of the molecule is NC1=NC2CCN(Cc3ccc([N+](=O)[O-])cc3)CCC2S1. The molecule has 0 spiro atoms. The molecule has 0 bridgehead atoms. The molecule has 0 aliphatic carbocycles. The van der Waals surface area contributed by atoms with E-state index in [1.807, 2.05) is 12.1 Å². The maximum absolute atomic E-state index is 10.7. The molecule has 0 aromatic heterocycles. The quantitative estimate of drug-likeness (QED) is 0.682. The van der Waals surface area contributed by atoms with Gasteiger partial charge in [0, 0.05) is 30.5 Å². The minimum absolute atomic E-state index is 0.144. The summed E-state index contributed by atoms with van der Waals surface area (Å²) in [7, 11) is 0. The highest BCUT2D eigenvalue weighted by Gasteiger charge is 2.31. The maximum Gasteiger partial charge on any atom is 0.269 e. The Labute approximate surface area is 127 Å². The lowest BCUT2D eigenvalue weighted by atomic mass is 10.1. The van der Waals surface area contributed by atoms with E-state index in [1.165, 1.54) is 0 Å². The molecule has 0 saturated carbocycles. The summed E-state index contributed by atoms with van der Waals surface area (Å²) in [5.41, 5.74) is 7.04. The van der Waals surface area contributed by atoms with Crippen LogP contribution in [0.5, 0.6) is 0 Å². The molecule has 2 heterocycles. The molecule has 2 aliphatic heterocycles. The van der Waals surface area contributed by atoms with Gasteiger partial charge in [-0.05, 0) is 24.9 Å². The number of amidine groups is 1. The largest absolute Gasteiger partial charge is 0.379 e. The zero-order chi connectivity index (χ0) is 14.8. The fourth-order valence-electron chi connectivity index (χ4n) is 2.89. The van der Waals surface area contributed by atoms with E-state index < -0.39 is 0 Å². The number of nitro groups is 1. The molecular formula is C14H18N4O2S. The Morgan fingerprint density at radius 3 is 2.76 bits per heavy atom. The van der Waals surface area contributed by atoms with Crippen molar-refractivity contribution in [2.24, 2.45) is 10.7 Å². The number of nitro benzene ring substituents is 1. The van der Waals surface area contributed by atoms with Gasteiger partial charge in [0.25, 0.3) is 5.69 Å². The van der Waals surface area contributed by atoms with Crippen LogP contribution >= 0.6 is 11.8 Å². The van der Waals surface area contributed by atoms with Gasteiger partial charge >= 0.3 is 0 Å². The van der Waals surface area contributed by atoms with Crippen molar-refractivity contribution in [3.8, 4) is 0 Å². The Hall–Kier alpha value is -1.60. The van der Waals surface area contributed by atoms with Crippen molar-refractivity contribution in [3.63, 3.8) is 0 Å². The second-order valence-electron chi connectivity index (χ2n) is 5.47. The Morgan fingerprint density at radius 2 is 2.05 bits per heavy atom. The number of hydrogen-bond acceptors (Lipinski definition) is 6. The minimum atomic E-state index is -0.365. The van der Waals surface area contributed by atoms with E-state index in [-0.39, 0.29) is 10.6 Å². The van der Waals surface area contributed by atoms with E-state index in [0.29, 0.717) is 11.3 Å². The smallest absolute Gasteiger partial charge is 0.269 e. The van der Waals surface area contributed by atoms with Gasteiger partial charge < -0.3 is 5.73 Å². The molecule has 112 valence electrons. The van der Waals surface area contributed by atoms with Crippen LogP contribution in [0.1, 0.15) is 18.4 Å². The van der Waals surface area contributed by atoms with Gasteiger partial charge in [-0.25, -0.2) is 0 Å². The number of aliphatic imine (C=N–C) groups is 1. The fourth-order valence-corrected chi connectivity index (χ4v) is 3.97. The molecule has 1 aromatic rings. The summed E-state index contributed by atoms with van der Waals surface area (Å²) < 4.78 is 0. The van der Waals surface area contributed by atoms with E-state index in [9.17, 15) is 10.1 Å². The van der Waals surface area contributed by atoms with Crippen LogP contribution in [0.15, 0.2) is 29.3 Å². The van der Waals surface area contributed by atoms with Gasteiger partial charge in [0.15, 0.2) is 5.17 Å². The summed E-state index contributed by atoms with van der Waals surface area (Å²) in [6, 6.07) is 7.19. The highest BCUT2D eigenvalue weighted by molar-refractivity contribution is 8.14. The number of nitrogens with zero attached hydrogens (tertiary/aromatic N) is 3. The third-order valence-corrected chi connectivity index (χ3v) is 5.22. The predicted molar refractivity (Wildman–Crippen MR) is 84.4 cm³/mol. The molecule has 0 amide bonds. The van der Waals surface area contributed by atoms with E-state index in [0.717, 1.165) is 43.2 Å². The van der Waals surface area contributed by atoms with Gasteiger partial charge in [-0.1, -0.05) is 23.9 Å². The number of non-ortho nitro benzene ring substituents is 1. The molecule has 2 atom stereocenters. The van der Waals surface area contributed by atoms with Crippen LogP contribution in [0, 0.1) is 10.1 Å². The van der Waals surface area contributed by atoms with Gasteiger partial charge in [-0.2, -0.15) is 0 Å². The van der Waals surface area contributed by atoms with Crippen LogP contribution in [0.2, 0.25) is 0 Å². The molecule has 21 heavy (non-hydrogen) atoms. The lowest BCUT2D eigenvalue weighted by Crippen LogP contribution is -2.24. The van der Waals surface area contributed by atoms with E-state index in [2.05, 4.69) is 9.89 Å². The molecule has 2 N–H and O–H groups in total. The topological polar surface area (TPSA) is 84.8 Å². The van der Waals surface area contributed by atoms with E-state index >= 15 is 0 Å². The van der Waals surface area contributed by atoms with Crippen LogP contribution in [-0.2, 0) is 6.54 Å². The second-order valence-corrected chi connectivity index (χ2v) is 6.73. The maximum atomic E-state index is 10.7. The molecule has 1 fully saturated rings. The standard InChI is InChI=1S/C14H18N4O2S/c15-14-16-12-5-7-17(8-6-13(12)21-14)9-10-1-3-11(4-2-10)18(19)20/h1-4,12-13H,5-9H2,(H2,15,16). The van der Waals surface area contributed by atoms with Crippen molar-refractivity contribution in [1.29, 1.82) is 0 Å². The number of nitrogens with two attached hydrogens (primary N) is 1. The fraction of sp³-hybridized carbons (Fsp3) is 0.500. The summed E-state index contributed by atoms with van der Waals surface area (Å²) in [5.74, 6) is 0. The van der Waals surface area contributed by atoms with Crippen LogP contribution < -0.4 is 5.73 Å². The molecule has 6 nitrogen and oxygen atoms in total. The first-order valence-corrected chi connectivity index (χ1v) is 7.95. The molecular weight excluding hydrogens is 288 g/mol. The normalized spacial score (nSPS) is 26.0. The van der Waals surface area contributed by atoms with Crippen LogP contribution in [0.3, 0.4) is 0 Å². The van der Waals surface area contributed by atoms with Gasteiger partial charge in [0.05, 0.1) is 11.0 Å². The number of fused-ring (bicyclic) bond motifs is 1. The average Bonchev–Trinajstić information content (AvgIpc) is 2.73. The lowest BCUT2D eigenvalue weighted by molar-refractivity contribution is -0.384. The molecule has 2 unspecified atom stereocenters. The molecule has 1 aromatic carbocycles. The number of benzene rings is 1. The van der Waals surface area contributed by atoms with Gasteiger partial charge in [0.2, 0.25) is 0 Å². The number of likely N-dealkylation sites (tertiary alicyclic amines) is 1. The van der Waals surface area contributed by atoms with Crippen molar-refractivity contribution >= 4 is 22.6 Å². The highest BCUT2D eigenvalue weighted by atomic mass is 32.2. The number of thioether (sulfide) groups is 1. The zero-order valence-corrected chi connectivity index (χ0v) is 12.5. The lowest BCUT2D eigenvalue weighted by Gasteiger charge is -2.20. The summed E-state index contributed by atoms with van der Waals surface area (Å²) in [4.78, 5) is 17.2. The molecule has 0 radical (unpaired) electrons. The van der Waals surface area contributed by atoms with E-state index in [4.69, 9.17) is 5.73 Å². The van der Waals surface area contributed by atoms with Crippen LogP contribution in [0.4, 0.5) is 5.69 Å². The van der Waals surface area contributed by atoms with Gasteiger partial charge in [-0.3, -0.25) is 20.0 Å². The zero-order valence-electron chi connectivity index (χ0n) is 11.6. The molecule has 3 rings (SSSR count). The van der Waals surface area contributed by atoms with Crippen molar-refractivity contribution in [2.75, 3.05) is 13.1 Å². The minimum Gasteiger partial charge on any atom is -0.379 e. The first kappa shape index (κ1) is 14.3. The van der Waals surface area contributed by atoms with Crippen molar-refractivity contribution in [1.82, 2.24) is 4.90 Å². The van der Waals surface area contributed by atoms with Gasteiger partial charge in [0.1, 0.15) is 0 Å². The van der Waals surface area contributed by atoms with Crippen molar-refractivity contribution < 1.29 is 4.92 Å². The second kappa shape index (κ2) is 6.03.